The molecular formula is C16H20FN3O. The molecule has 0 unspecified atom stereocenters. The minimum atomic E-state index is -0.304. The Balaban J connectivity index is 2.07. The van der Waals surface area contributed by atoms with Crippen LogP contribution in [0.2, 0.25) is 0 Å². The normalized spacial score (nSPS) is 17.7. The van der Waals surface area contributed by atoms with E-state index in [0.29, 0.717) is 5.75 Å². The van der Waals surface area contributed by atoms with Gasteiger partial charge in [-0.15, -0.1) is 0 Å². The molecule has 1 aliphatic heterocycles. The summed E-state index contributed by atoms with van der Waals surface area (Å²) in [5.41, 5.74) is 0.847. The van der Waals surface area contributed by atoms with Gasteiger partial charge in [-0.25, -0.2) is 9.37 Å². The molecule has 2 aromatic rings. The number of aromatic nitrogens is 2. The Morgan fingerprint density at radius 2 is 2.10 bits per heavy atom. The zero-order valence-electron chi connectivity index (χ0n) is 12.4. The van der Waals surface area contributed by atoms with Crippen molar-refractivity contribution in [1.82, 2.24) is 14.9 Å². The van der Waals surface area contributed by atoms with Crippen LogP contribution in [-0.2, 0) is 5.54 Å². The van der Waals surface area contributed by atoms with Crippen LogP contribution < -0.4 is 10.1 Å². The van der Waals surface area contributed by atoms with E-state index in [4.69, 9.17) is 4.74 Å². The highest BCUT2D eigenvalue weighted by Gasteiger charge is 2.31. The Morgan fingerprint density at radius 1 is 1.33 bits per heavy atom. The number of halogens is 1. The molecule has 1 aliphatic rings. The lowest BCUT2D eigenvalue weighted by atomic mass is 9.90. The molecule has 1 aromatic heterocycles. The largest absolute Gasteiger partial charge is 0.496 e. The van der Waals surface area contributed by atoms with Crippen molar-refractivity contribution in [3.63, 3.8) is 0 Å². The minimum Gasteiger partial charge on any atom is -0.496 e. The van der Waals surface area contributed by atoms with Gasteiger partial charge in [-0.2, -0.15) is 0 Å². The number of hydrogen-bond donors (Lipinski definition) is 1. The van der Waals surface area contributed by atoms with E-state index in [1.807, 2.05) is 6.20 Å². The summed E-state index contributed by atoms with van der Waals surface area (Å²) in [5, 5.41) is 3.38. The van der Waals surface area contributed by atoms with E-state index < -0.39 is 0 Å². The van der Waals surface area contributed by atoms with E-state index in [-0.39, 0.29) is 11.4 Å². The maximum Gasteiger partial charge on any atom is 0.144 e. The van der Waals surface area contributed by atoms with Crippen molar-refractivity contribution in [3.05, 3.63) is 36.4 Å². The summed E-state index contributed by atoms with van der Waals surface area (Å²) < 4.78 is 20.9. The molecule has 21 heavy (non-hydrogen) atoms. The topological polar surface area (TPSA) is 39.1 Å². The fraction of sp³-hybridized carbons (Fsp3) is 0.438. The van der Waals surface area contributed by atoms with Gasteiger partial charge in [0.25, 0.3) is 0 Å². The number of ether oxygens (including phenoxy) is 1. The van der Waals surface area contributed by atoms with Gasteiger partial charge < -0.3 is 14.6 Å². The number of methoxy groups -OCH3 is 1. The minimum absolute atomic E-state index is 0.0243. The van der Waals surface area contributed by atoms with E-state index in [1.54, 1.807) is 19.4 Å². The second-order valence-electron chi connectivity index (χ2n) is 5.71. The molecule has 1 N–H and O–H groups in total. The molecular weight excluding hydrogens is 269 g/mol. The fourth-order valence-corrected chi connectivity index (χ4v) is 2.99. The number of nitrogens with one attached hydrogen (secondary N) is 1. The van der Waals surface area contributed by atoms with Crippen LogP contribution in [-0.4, -0.2) is 29.8 Å². The Labute approximate surface area is 124 Å². The molecule has 1 aromatic carbocycles. The summed E-state index contributed by atoms with van der Waals surface area (Å²) in [6.07, 6.45) is 5.88. The van der Waals surface area contributed by atoms with E-state index in [0.717, 1.165) is 37.3 Å². The van der Waals surface area contributed by atoms with Crippen LogP contribution in [0.4, 0.5) is 4.39 Å². The highest BCUT2D eigenvalue weighted by molar-refractivity contribution is 5.65. The van der Waals surface area contributed by atoms with Crippen LogP contribution in [0.5, 0.6) is 5.75 Å². The van der Waals surface area contributed by atoms with Crippen LogP contribution >= 0.6 is 0 Å². The van der Waals surface area contributed by atoms with Gasteiger partial charge in [0.2, 0.25) is 0 Å². The lowest BCUT2D eigenvalue weighted by molar-refractivity contribution is 0.233. The van der Waals surface area contributed by atoms with Gasteiger partial charge in [-0.05, 0) is 45.0 Å². The average Bonchev–Trinajstić information content (AvgIpc) is 2.98. The van der Waals surface area contributed by atoms with E-state index in [9.17, 15) is 4.39 Å². The van der Waals surface area contributed by atoms with Gasteiger partial charge in [0.05, 0.1) is 12.7 Å². The second kappa shape index (κ2) is 5.48. The summed E-state index contributed by atoms with van der Waals surface area (Å²) >= 11 is 0. The van der Waals surface area contributed by atoms with Crippen molar-refractivity contribution < 1.29 is 9.13 Å². The summed E-state index contributed by atoms with van der Waals surface area (Å²) in [6, 6.07) is 4.58. The number of piperidine rings is 1. The molecule has 0 amide bonds. The van der Waals surface area contributed by atoms with Crippen LogP contribution in [0.1, 0.15) is 19.8 Å². The number of hydrogen-bond acceptors (Lipinski definition) is 3. The molecule has 1 saturated heterocycles. The standard InChI is InChI=1S/C16H20FN3O/c1-16(5-7-18-8-6-16)20-10-9-19-15(20)13-4-3-12(17)11-14(13)21-2/h3-4,9-11,18H,5-8H2,1-2H3. The van der Waals surface area contributed by atoms with Crippen LogP contribution in [0.3, 0.4) is 0 Å². The second-order valence-corrected chi connectivity index (χ2v) is 5.71. The van der Waals surface area contributed by atoms with Crippen molar-refractivity contribution in [3.8, 4) is 17.1 Å². The monoisotopic (exact) mass is 289 g/mol. The molecule has 3 rings (SSSR count). The van der Waals surface area contributed by atoms with Crippen LogP contribution in [0, 0.1) is 5.82 Å². The van der Waals surface area contributed by atoms with Crippen molar-refractivity contribution in [1.29, 1.82) is 0 Å². The first-order valence-electron chi connectivity index (χ1n) is 7.22. The number of rotatable bonds is 3. The SMILES string of the molecule is COc1cc(F)ccc1-c1nccn1C1(C)CCNCC1. The van der Waals surface area contributed by atoms with Crippen molar-refractivity contribution in [2.24, 2.45) is 0 Å². The van der Waals surface area contributed by atoms with Gasteiger partial charge >= 0.3 is 0 Å². The van der Waals surface area contributed by atoms with Gasteiger partial charge in [0, 0.05) is 24.0 Å². The van der Waals surface area contributed by atoms with Gasteiger partial charge in [0.15, 0.2) is 0 Å². The molecule has 5 heteroatoms. The lowest BCUT2D eigenvalue weighted by Gasteiger charge is -2.36. The van der Waals surface area contributed by atoms with E-state index in [1.165, 1.54) is 12.1 Å². The van der Waals surface area contributed by atoms with Crippen molar-refractivity contribution in [2.75, 3.05) is 20.2 Å². The molecule has 112 valence electrons. The maximum absolute atomic E-state index is 13.4. The fourth-order valence-electron chi connectivity index (χ4n) is 2.99. The molecule has 1 fully saturated rings. The highest BCUT2D eigenvalue weighted by atomic mass is 19.1. The van der Waals surface area contributed by atoms with Crippen molar-refractivity contribution >= 4 is 0 Å². The predicted molar refractivity (Wildman–Crippen MR) is 79.9 cm³/mol. The first-order valence-corrected chi connectivity index (χ1v) is 7.22. The quantitative estimate of drug-likeness (QED) is 0.944. The van der Waals surface area contributed by atoms with Crippen molar-refractivity contribution in [2.45, 2.75) is 25.3 Å². The number of nitrogens with zero attached hydrogens (tertiary/aromatic N) is 2. The number of benzene rings is 1. The molecule has 0 bridgehead atoms. The predicted octanol–water partition coefficient (Wildman–Crippen LogP) is 2.80. The summed E-state index contributed by atoms with van der Waals surface area (Å²) in [4.78, 5) is 4.49. The van der Waals surface area contributed by atoms with Gasteiger partial charge in [0.1, 0.15) is 17.4 Å². The average molecular weight is 289 g/mol. The molecule has 0 atom stereocenters. The Bertz CT molecular complexity index is 632. The third kappa shape index (κ3) is 2.53. The lowest BCUT2D eigenvalue weighted by Crippen LogP contribution is -2.42. The highest BCUT2D eigenvalue weighted by Crippen LogP contribution is 2.35. The summed E-state index contributed by atoms with van der Waals surface area (Å²) in [6.45, 7) is 4.23. The molecule has 0 aliphatic carbocycles. The van der Waals surface area contributed by atoms with Crippen LogP contribution in [0.15, 0.2) is 30.6 Å². The zero-order valence-corrected chi connectivity index (χ0v) is 12.4. The molecule has 0 saturated carbocycles. The van der Waals surface area contributed by atoms with E-state index in [2.05, 4.69) is 21.8 Å². The Hall–Kier alpha value is -1.88. The zero-order chi connectivity index (χ0) is 14.9. The molecule has 2 heterocycles. The van der Waals surface area contributed by atoms with Gasteiger partial charge in [-0.3, -0.25) is 0 Å². The first kappa shape index (κ1) is 14.1. The third-order valence-corrected chi connectivity index (χ3v) is 4.31. The third-order valence-electron chi connectivity index (χ3n) is 4.31. The van der Waals surface area contributed by atoms with Gasteiger partial charge in [-0.1, -0.05) is 0 Å². The molecule has 0 radical (unpaired) electrons. The number of imidazole rings is 1. The molecule has 0 spiro atoms. The summed E-state index contributed by atoms with van der Waals surface area (Å²) in [7, 11) is 1.55. The summed E-state index contributed by atoms with van der Waals surface area (Å²) in [5.74, 6) is 1.04. The molecule has 4 nitrogen and oxygen atoms in total. The smallest absolute Gasteiger partial charge is 0.144 e. The Morgan fingerprint density at radius 3 is 2.81 bits per heavy atom. The maximum atomic E-state index is 13.4. The van der Waals surface area contributed by atoms with Crippen LogP contribution in [0.25, 0.3) is 11.4 Å². The Kier molecular flexibility index (Phi) is 3.68. The first-order chi connectivity index (χ1) is 10.1. The van der Waals surface area contributed by atoms with E-state index >= 15 is 0 Å².